The zero-order valence-electron chi connectivity index (χ0n) is 11.6. The normalized spacial score (nSPS) is 10.9. The van der Waals surface area contributed by atoms with Crippen LogP contribution < -0.4 is 5.32 Å². The van der Waals surface area contributed by atoms with Crippen LogP contribution in [-0.4, -0.2) is 16.6 Å². The minimum atomic E-state index is 0.836. The highest BCUT2D eigenvalue weighted by atomic mass is 15.1. The molecule has 3 nitrogen and oxygen atoms in total. The van der Waals surface area contributed by atoms with E-state index >= 15 is 0 Å². The summed E-state index contributed by atoms with van der Waals surface area (Å²) >= 11 is 0. The standard InChI is InChI=1S/C15H21N3/c1-5-12-6-8-13(9-7-12)15-14(10-16-3)18(4)11(2)17-15/h6-9,16H,5,10H2,1-4H3. The van der Waals surface area contributed by atoms with Crippen molar-refractivity contribution in [1.29, 1.82) is 0 Å². The van der Waals surface area contributed by atoms with Gasteiger partial charge in [-0.1, -0.05) is 31.2 Å². The summed E-state index contributed by atoms with van der Waals surface area (Å²) in [6.07, 6.45) is 1.07. The highest BCUT2D eigenvalue weighted by molar-refractivity contribution is 5.62. The molecule has 1 aromatic heterocycles. The van der Waals surface area contributed by atoms with E-state index < -0.39 is 0 Å². The van der Waals surface area contributed by atoms with E-state index in [4.69, 9.17) is 0 Å². The molecule has 0 aliphatic heterocycles. The number of hydrogen-bond donors (Lipinski definition) is 1. The van der Waals surface area contributed by atoms with Gasteiger partial charge >= 0.3 is 0 Å². The molecule has 0 saturated heterocycles. The van der Waals surface area contributed by atoms with Crippen molar-refractivity contribution in [3.8, 4) is 11.3 Å². The quantitative estimate of drug-likeness (QED) is 0.894. The Morgan fingerprint density at radius 3 is 2.44 bits per heavy atom. The lowest BCUT2D eigenvalue weighted by molar-refractivity contribution is 0.722. The van der Waals surface area contributed by atoms with Gasteiger partial charge in [0.15, 0.2) is 0 Å². The maximum Gasteiger partial charge on any atom is 0.106 e. The molecule has 96 valence electrons. The summed E-state index contributed by atoms with van der Waals surface area (Å²) < 4.78 is 2.15. The van der Waals surface area contributed by atoms with E-state index in [1.165, 1.54) is 16.8 Å². The predicted octanol–water partition coefficient (Wildman–Crippen LogP) is 2.68. The lowest BCUT2D eigenvalue weighted by Gasteiger charge is -2.06. The van der Waals surface area contributed by atoms with E-state index in [0.29, 0.717) is 0 Å². The fourth-order valence-electron chi connectivity index (χ4n) is 2.15. The second kappa shape index (κ2) is 5.36. The molecule has 0 spiro atoms. The maximum atomic E-state index is 4.68. The van der Waals surface area contributed by atoms with Crippen LogP contribution in [0.25, 0.3) is 11.3 Å². The SMILES string of the molecule is CCc1ccc(-c2nc(C)n(C)c2CNC)cc1. The van der Waals surface area contributed by atoms with E-state index in [0.717, 1.165) is 24.5 Å². The molecule has 0 radical (unpaired) electrons. The average molecular weight is 243 g/mol. The van der Waals surface area contributed by atoms with Crippen molar-refractivity contribution in [3.63, 3.8) is 0 Å². The first-order valence-corrected chi connectivity index (χ1v) is 6.43. The fraction of sp³-hybridized carbons (Fsp3) is 0.400. The third kappa shape index (κ3) is 2.31. The number of benzene rings is 1. The maximum absolute atomic E-state index is 4.68. The molecule has 1 aromatic carbocycles. The zero-order valence-corrected chi connectivity index (χ0v) is 11.6. The van der Waals surface area contributed by atoms with Gasteiger partial charge in [0.1, 0.15) is 5.82 Å². The highest BCUT2D eigenvalue weighted by Crippen LogP contribution is 2.24. The van der Waals surface area contributed by atoms with Crippen molar-refractivity contribution in [2.45, 2.75) is 26.8 Å². The fourth-order valence-corrected chi connectivity index (χ4v) is 2.15. The van der Waals surface area contributed by atoms with Gasteiger partial charge in [0, 0.05) is 19.2 Å². The molecule has 0 aliphatic rings. The lowest BCUT2D eigenvalue weighted by Crippen LogP contribution is -2.10. The molecule has 0 amide bonds. The molecule has 0 saturated carbocycles. The van der Waals surface area contributed by atoms with Crippen LogP contribution in [-0.2, 0) is 20.0 Å². The van der Waals surface area contributed by atoms with Crippen LogP contribution in [0.15, 0.2) is 24.3 Å². The molecule has 2 aromatic rings. The van der Waals surface area contributed by atoms with Gasteiger partial charge in [-0.2, -0.15) is 0 Å². The van der Waals surface area contributed by atoms with Crippen LogP contribution in [0.1, 0.15) is 24.0 Å². The second-order valence-electron chi connectivity index (χ2n) is 4.59. The first kappa shape index (κ1) is 12.8. The molecule has 1 heterocycles. The Morgan fingerprint density at radius 1 is 1.22 bits per heavy atom. The van der Waals surface area contributed by atoms with E-state index in [9.17, 15) is 0 Å². The van der Waals surface area contributed by atoms with Crippen molar-refractivity contribution in [1.82, 2.24) is 14.9 Å². The van der Waals surface area contributed by atoms with Crippen molar-refractivity contribution >= 4 is 0 Å². The lowest BCUT2D eigenvalue weighted by atomic mass is 10.1. The summed E-state index contributed by atoms with van der Waals surface area (Å²) in [7, 11) is 4.03. The Bertz CT molecular complexity index is 523. The molecule has 0 aliphatic carbocycles. The monoisotopic (exact) mass is 243 g/mol. The van der Waals surface area contributed by atoms with Gasteiger partial charge in [0.25, 0.3) is 0 Å². The van der Waals surface area contributed by atoms with Crippen LogP contribution in [0.5, 0.6) is 0 Å². The number of nitrogens with one attached hydrogen (secondary N) is 1. The molecular weight excluding hydrogens is 222 g/mol. The van der Waals surface area contributed by atoms with Crippen molar-refractivity contribution < 1.29 is 0 Å². The highest BCUT2D eigenvalue weighted by Gasteiger charge is 2.12. The van der Waals surface area contributed by atoms with E-state index in [1.54, 1.807) is 0 Å². The van der Waals surface area contributed by atoms with E-state index in [1.807, 2.05) is 14.0 Å². The Morgan fingerprint density at radius 2 is 1.89 bits per heavy atom. The second-order valence-corrected chi connectivity index (χ2v) is 4.59. The van der Waals surface area contributed by atoms with Crippen LogP contribution >= 0.6 is 0 Å². The number of aromatic nitrogens is 2. The summed E-state index contributed by atoms with van der Waals surface area (Å²) in [5, 5.41) is 3.21. The topological polar surface area (TPSA) is 29.9 Å². The Labute approximate surface area is 109 Å². The summed E-state index contributed by atoms with van der Waals surface area (Å²) in [6, 6.07) is 8.70. The average Bonchev–Trinajstić information content (AvgIpc) is 2.68. The first-order chi connectivity index (χ1) is 8.67. The summed E-state index contributed by atoms with van der Waals surface area (Å²) in [6.45, 7) is 5.05. The van der Waals surface area contributed by atoms with Gasteiger partial charge in [-0.3, -0.25) is 0 Å². The Hall–Kier alpha value is -1.61. The molecule has 1 N–H and O–H groups in total. The molecule has 0 atom stereocenters. The van der Waals surface area contributed by atoms with Gasteiger partial charge in [0.05, 0.1) is 11.4 Å². The number of aryl methyl sites for hydroxylation is 2. The van der Waals surface area contributed by atoms with Crippen LogP contribution in [0.2, 0.25) is 0 Å². The molecule has 2 rings (SSSR count). The third-order valence-electron chi connectivity index (χ3n) is 3.42. The minimum Gasteiger partial charge on any atom is -0.334 e. The number of imidazole rings is 1. The number of hydrogen-bond acceptors (Lipinski definition) is 2. The van der Waals surface area contributed by atoms with E-state index in [-0.39, 0.29) is 0 Å². The molecule has 18 heavy (non-hydrogen) atoms. The van der Waals surface area contributed by atoms with Crippen molar-refractivity contribution in [3.05, 3.63) is 41.3 Å². The summed E-state index contributed by atoms with van der Waals surface area (Å²) in [5.74, 6) is 1.05. The van der Waals surface area contributed by atoms with Gasteiger partial charge < -0.3 is 9.88 Å². The largest absolute Gasteiger partial charge is 0.334 e. The zero-order chi connectivity index (χ0) is 13.1. The third-order valence-corrected chi connectivity index (χ3v) is 3.42. The predicted molar refractivity (Wildman–Crippen MR) is 75.5 cm³/mol. The first-order valence-electron chi connectivity index (χ1n) is 6.43. The number of nitrogens with zero attached hydrogens (tertiary/aromatic N) is 2. The van der Waals surface area contributed by atoms with Crippen LogP contribution in [0, 0.1) is 6.92 Å². The smallest absolute Gasteiger partial charge is 0.106 e. The molecule has 3 heteroatoms. The van der Waals surface area contributed by atoms with E-state index in [2.05, 4.69) is 53.1 Å². The molecule has 0 bridgehead atoms. The summed E-state index contributed by atoms with van der Waals surface area (Å²) in [4.78, 5) is 4.68. The van der Waals surface area contributed by atoms with Crippen LogP contribution in [0.4, 0.5) is 0 Å². The Kier molecular flexibility index (Phi) is 3.82. The van der Waals surface area contributed by atoms with Gasteiger partial charge in [0.2, 0.25) is 0 Å². The van der Waals surface area contributed by atoms with Crippen LogP contribution in [0.3, 0.4) is 0 Å². The van der Waals surface area contributed by atoms with Gasteiger partial charge in [-0.05, 0) is 26.0 Å². The Balaban J connectivity index is 2.45. The molecule has 0 fully saturated rings. The van der Waals surface area contributed by atoms with Crippen molar-refractivity contribution in [2.24, 2.45) is 7.05 Å². The summed E-state index contributed by atoms with van der Waals surface area (Å²) in [5.41, 5.74) is 4.88. The number of rotatable bonds is 4. The van der Waals surface area contributed by atoms with Crippen molar-refractivity contribution in [2.75, 3.05) is 7.05 Å². The minimum absolute atomic E-state index is 0.836. The molecular formula is C15H21N3. The van der Waals surface area contributed by atoms with Gasteiger partial charge in [-0.15, -0.1) is 0 Å². The molecule has 0 unspecified atom stereocenters. The van der Waals surface area contributed by atoms with Gasteiger partial charge in [-0.25, -0.2) is 4.98 Å².